The minimum absolute atomic E-state index is 0.0783. The summed E-state index contributed by atoms with van der Waals surface area (Å²) in [4.78, 5) is 11.7. The summed E-state index contributed by atoms with van der Waals surface area (Å²) in [5, 5.41) is -0.636. The van der Waals surface area contributed by atoms with E-state index in [0.717, 1.165) is 32.1 Å². The van der Waals surface area contributed by atoms with Crippen molar-refractivity contribution in [1.82, 2.24) is 4.72 Å². The van der Waals surface area contributed by atoms with Crippen LogP contribution in [0.5, 0.6) is 0 Å². The van der Waals surface area contributed by atoms with Gasteiger partial charge in [0.25, 0.3) is 0 Å². The monoisotopic (exact) mass is 305 g/mol. The van der Waals surface area contributed by atoms with Crippen molar-refractivity contribution in [1.29, 1.82) is 0 Å². The van der Waals surface area contributed by atoms with Gasteiger partial charge in [0, 0.05) is 6.04 Å². The molecule has 0 radical (unpaired) electrons. The quantitative estimate of drug-likeness (QED) is 0.551. The molecular formula is C14H27NO4S. The highest BCUT2D eigenvalue weighted by Crippen LogP contribution is 2.31. The number of ether oxygens (including phenoxy) is 1. The zero-order chi connectivity index (χ0) is 15.2. The highest BCUT2D eigenvalue weighted by molar-refractivity contribution is 7.90. The summed E-state index contributed by atoms with van der Waals surface area (Å²) in [6, 6.07) is -0.0783. The molecule has 3 atom stereocenters. The number of carbonyl (C=O) groups is 1. The van der Waals surface area contributed by atoms with Crippen LogP contribution in [-0.2, 0) is 19.6 Å². The van der Waals surface area contributed by atoms with Crippen molar-refractivity contribution in [2.24, 2.45) is 5.92 Å². The van der Waals surface area contributed by atoms with Crippen molar-refractivity contribution in [3.63, 3.8) is 0 Å². The molecule has 1 N–H and O–H groups in total. The van der Waals surface area contributed by atoms with Crippen LogP contribution in [0.3, 0.4) is 0 Å². The first-order chi connectivity index (χ1) is 9.42. The average molecular weight is 305 g/mol. The Bertz CT molecular complexity index is 407. The third-order valence-electron chi connectivity index (χ3n) is 3.96. The predicted molar refractivity (Wildman–Crippen MR) is 78.8 cm³/mol. The zero-order valence-electron chi connectivity index (χ0n) is 12.7. The Morgan fingerprint density at radius 2 is 2.05 bits per heavy atom. The van der Waals surface area contributed by atoms with Crippen molar-refractivity contribution in [2.75, 3.05) is 7.11 Å². The van der Waals surface area contributed by atoms with Crippen LogP contribution < -0.4 is 4.72 Å². The Kier molecular flexibility index (Phi) is 6.95. The van der Waals surface area contributed by atoms with Crippen molar-refractivity contribution < 1.29 is 17.9 Å². The summed E-state index contributed by atoms with van der Waals surface area (Å²) in [5.74, 6) is -0.920. The maximum Gasteiger partial charge on any atom is 0.310 e. The predicted octanol–water partition coefficient (Wildman–Crippen LogP) is 2.22. The molecule has 0 aromatic carbocycles. The third-order valence-corrected chi connectivity index (χ3v) is 6.05. The van der Waals surface area contributed by atoms with Crippen molar-refractivity contribution in [3.8, 4) is 0 Å². The lowest BCUT2D eigenvalue weighted by Gasteiger charge is -2.21. The molecule has 1 rings (SSSR count). The van der Waals surface area contributed by atoms with Gasteiger partial charge in [-0.25, -0.2) is 13.1 Å². The van der Waals surface area contributed by atoms with Gasteiger partial charge in [-0.1, -0.05) is 32.6 Å². The molecule has 20 heavy (non-hydrogen) atoms. The molecular weight excluding hydrogens is 278 g/mol. The SMILES string of the molecule is CCCCCC(C)NS(=O)(=O)C1CCCC1C(=O)OC. The minimum atomic E-state index is -3.45. The lowest BCUT2D eigenvalue weighted by atomic mass is 10.1. The zero-order valence-corrected chi connectivity index (χ0v) is 13.5. The van der Waals surface area contributed by atoms with Crippen LogP contribution in [0, 0.1) is 5.92 Å². The second-order valence-corrected chi connectivity index (χ2v) is 7.59. The number of hydrogen-bond acceptors (Lipinski definition) is 4. The molecule has 3 unspecified atom stereocenters. The first-order valence-corrected chi connectivity index (χ1v) is 9.06. The van der Waals surface area contributed by atoms with Gasteiger partial charge in [-0.05, 0) is 26.2 Å². The number of unbranched alkanes of at least 4 members (excludes halogenated alkanes) is 2. The number of nitrogens with one attached hydrogen (secondary N) is 1. The number of carbonyl (C=O) groups excluding carboxylic acids is 1. The fraction of sp³-hybridized carbons (Fsp3) is 0.929. The van der Waals surface area contributed by atoms with Crippen LogP contribution in [0.1, 0.15) is 58.8 Å². The summed E-state index contributed by atoms with van der Waals surface area (Å²) in [7, 11) is -2.14. The Morgan fingerprint density at radius 1 is 1.35 bits per heavy atom. The highest BCUT2D eigenvalue weighted by Gasteiger charge is 2.42. The average Bonchev–Trinajstić information content (AvgIpc) is 2.87. The standard InChI is InChI=1S/C14H27NO4S/c1-4-5-6-8-11(2)15-20(17,18)13-10-7-9-12(13)14(16)19-3/h11-13,15H,4-10H2,1-3H3. The van der Waals surface area contributed by atoms with E-state index in [9.17, 15) is 13.2 Å². The van der Waals surface area contributed by atoms with E-state index < -0.39 is 27.2 Å². The first kappa shape index (κ1) is 17.4. The van der Waals surface area contributed by atoms with Gasteiger partial charge >= 0.3 is 5.97 Å². The molecule has 1 aliphatic rings. The molecule has 1 saturated carbocycles. The van der Waals surface area contributed by atoms with Gasteiger partial charge in [0.2, 0.25) is 10.0 Å². The second kappa shape index (κ2) is 7.98. The lowest BCUT2D eigenvalue weighted by molar-refractivity contribution is -0.145. The van der Waals surface area contributed by atoms with Gasteiger partial charge in [-0.15, -0.1) is 0 Å². The number of hydrogen-bond donors (Lipinski definition) is 1. The Labute approximate surface area is 122 Å². The molecule has 0 aromatic heterocycles. The Morgan fingerprint density at radius 3 is 2.65 bits per heavy atom. The van der Waals surface area contributed by atoms with Crippen LogP contribution in [0.25, 0.3) is 0 Å². The Balaban J connectivity index is 2.61. The molecule has 0 aromatic rings. The van der Waals surface area contributed by atoms with Gasteiger partial charge in [-0.3, -0.25) is 4.79 Å². The number of sulfonamides is 1. The number of methoxy groups -OCH3 is 1. The van der Waals surface area contributed by atoms with Crippen molar-refractivity contribution in [2.45, 2.75) is 70.1 Å². The Hall–Kier alpha value is -0.620. The molecule has 0 spiro atoms. The van der Waals surface area contributed by atoms with E-state index in [4.69, 9.17) is 4.74 Å². The smallest absolute Gasteiger partial charge is 0.310 e. The van der Waals surface area contributed by atoms with Crippen LogP contribution in [-0.4, -0.2) is 32.8 Å². The normalized spacial score (nSPS) is 24.6. The topological polar surface area (TPSA) is 72.5 Å². The summed E-state index contributed by atoms with van der Waals surface area (Å²) < 4.78 is 32.2. The van der Waals surface area contributed by atoms with Gasteiger partial charge in [-0.2, -0.15) is 0 Å². The lowest BCUT2D eigenvalue weighted by Crippen LogP contribution is -2.43. The van der Waals surface area contributed by atoms with Crippen molar-refractivity contribution in [3.05, 3.63) is 0 Å². The van der Waals surface area contributed by atoms with Gasteiger partial charge < -0.3 is 4.74 Å². The molecule has 0 saturated heterocycles. The van der Waals surface area contributed by atoms with Gasteiger partial charge in [0.05, 0.1) is 18.3 Å². The van der Waals surface area contributed by atoms with Crippen molar-refractivity contribution >= 4 is 16.0 Å². The van der Waals surface area contributed by atoms with Crippen LogP contribution in [0.15, 0.2) is 0 Å². The van der Waals surface area contributed by atoms with E-state index in [0.29, 0.717) is 12.8 Å². The molecule has 0 amide bonds. The van der Waals surface area contributed by atoms with E-state index in [1.165, 1.54) is 7.11 Å². The van der Waals surface area contributed by atoms with Crippen LogP contribution >= 0.6 is 0 Å². The summed E-state index contributed by atoms with van der Waals surface area (Å²) in [6.07, 6.45) is 5.98. The van der Waals surface area contributed by atoms with E-state index in [2.05, 4.69) is 11.6 Å². The van der Waals surface area contributed by atoms with Crippen LogP contribution in [0.2, 0.25) is 0 Å². The largest absolute Gasteiger partial charge is 0.469 e. The van der Waals surface area contributed by atoms with Gasteiger partial charge in [0.1, 0.15) is 0 Å². The first-order valence-electron chi connectivity index (χ1n) is 7.51. The molecule has 118 valence electrons. The summed E-state index contributed by atoms with van der Waals surface area (Å²) in [5.41, 5.74) is 0. The third kappa shape index (κ3) is 4.74. The van der Waals surface area contributed by atoms with E-state index >= 15 is 0 Å². The molecule has 0 heterocycles. The van der Waals surface area contributed by atoms with Gasteiger partial charge in [0.15, 0.2) is 0 Å². The van der Waals surface area contributed by atoms with E-state index in [1.807, 2.05) is 6.92 Å². The summed E-state index contributed by atoms with van der Waals surface area (Å²) >= 11 is 0. The molecule has 5 nitrogen and oxygen atoms in total. The molecule has 1 aliphatic carbocycles. The minimum Gasteiger partial charge on any atom is -0.469 e. The van der Waals surface area contributed by atoms with E-state index in [-0.39, 0.29) is 6.04 Å². The fourth-order valence-corrected chi connectivity index (χ4v) is 4.86. The number of rotatable bonds is 8. The fourth-order valence-electron chi connectivity index (χ4n) is 2.85. The molecule has 0 aliphatic heterocycles. The van der Waals surface area contributed by atoms with Crippen LogP contribution in [0.4, 0.5) is 0 Å². The molecule has 6 heteroatoms. The van der Waals surface area contributed by atoms with E-state index in [1.54, 1.807) is 0 Å². The second-order valence-electron chi connectivity index (χ2n) is 5.66. The number of esters is 1. The molecule has 1 fully saturated rings. The summed E-state index contributed by atoms with van der Waals surface area (Å²) in [6.45, 7) is 4.00. The maximum absolute atomic E-state index is 12.4. The molecule has 0 bridgehead atoms. The maximum atomic E-state index is 12.4. The highest BCUT2D eigenvalue weighted by atomic mass is 32.2.